The van der Waals surface area contributed by atoms with Crippen LogP contribution >= 0.6 is 11.3 Å². The molecule has 27 heavy (non-hydrogen) atoms. The van der Waals surface area contributed by atoms with Crippen LogP contribution in [0.15, 0.2) is 18.6 Å². The Balaban J connectivity index is 1.39. The molecule has 2 aliphatic heterocycles. The van der Waals surface area contributed by atoms with Gasteiger partial charge in [0.05, 0.1) is 17.9 Å². The number of hydrogen-bond acceptors (Lipinski definition) is 6. The van der Waals surface area contributed by atoms with Gasteiger partial charge in [-0.3, -0.25) is 9.48 Å². The van der Waals surface area contributed by atoms with E-state index >= 15 is 0 Å². The van der Waals surface area contributed by atoms with Crippen molar-refractivity contribution in [1.29, 1.82) is 0 Å². The minimum Gasteiger partial charge on any atom is -0.346 e. The first-order valence-electron chi connectivity index (χ1n) is 9.78. The number of hydrogen-bond donors (Lipinski definition) is 0. The van der Waals surface area contributed by atoms with Gasteiger partial charge in [-0.2, -0.15) is 5.10 Å². The highest BCUT2D eigenvalue weighted by molar-refractivity contribution is 7.17. The topological polar surface area (TPSA) is 57.5 Å². The third kappa shape index (κ3) is 2.61. The summed E-state index contributed by atoms with van der Waals surface area (Å²) in [6, 6.07) is 0. The van der Waals surface area contributed by atoms with E-state index in [0.29, 0.717) is 5.92 Å². The number of piperazine rings is 1. The van der Waals surface area contributed by atoms with Crippen LogP contribution in [0.5, 0.6) is 0 Å². The van der Waals surface area contributed by atoms with E-state index in [2.05, 4.69) is 38.0 Å². The normalized spacial score (nSPS) is 28.3. The first kappa shape index (κ1) is 17.2. The van der Waals surface area contributed by atoms with Crippen LogP contribution < -0.4 is 4.90 Å². The number of likely N-dealkylation sites (tertiary alicyclic amines) is 1. The molecule has 0 radical (unpaired) electrons. The number of rotatable bonds is 3. The van der Waals surface area contributed by atoms with E-state index in [-0.39, 0.29) is 11.4 Å². The summed E-state index contributed by atoms with van der Waals surface area (Å²) in [5, 5.41) is 5.35. The first-order valence-corrected chi connectivity index (χ1v) is 10.6. The molecule has 0 bridgehead atoms. The summed E-state index contributed by atoms with van der Waals surface area (Å²) in [6.45, 7) is 4.87. The zero-order valence-corrected chi connectivity index (χ0v) is 16.8. The van der Waals surface area contributed by atoms with Crippen LogP contribution in [0.25, 0.3) is 0 Å². The van der Waals surface area contributed by atoms with Gasteiger partial charge in [0.1, 0.15) is 4.88 Å². The molecule has 0 N–H and O–H groups in total. The number of aryl methyl sites for hydroxylation is 1. The van der Waals surface area contributed by atoms with Crippen molar-refractivity contribution in [2.24, 2.45) is 13.0 Å². The number of fused-ring (bicyclic) bond motifs is 1. The van der Waals surface area contributed by atoms with Gasteiger partial charge in [-0.1, -0.05) is 11.3 Å². The number of likely N-dealkylation sites (N-methyl/N-ethyl adjacent to an activating group) is 1. The fourth-order valence-electron chi connectivity index (χ4n) is 4.95. The molecule has 0 spiro atoms. The molecule has 2 atom stereocenters. The summed E-state index contributed by atoms with van der Waals surface area (Å²) in [7, 11) is 4.09. The van der Waals surface area contributed by atoms with Gasteiger partial charge in [-0.25, -0.2) is 4.98 Å². The van der Waals surface area contributed by atoms with Crippen molar-refractivity contribution in [3.05, 3.63) is 29.0 Å². The quantitative estimate of drug-likeness (QED) is 0.805. The highest BCUT2D eigenvalue weighted by Crippen LogP contribution is 2.57. The average molecular weight is 387 g/mol. The predicted molar refractivity (Wildman–Crippen MR) is 105 cm³/mol. The molecule has 3 fully saturated rings. The SMILES string of the molecule is CN1CCN(c2ncc(C(=O)N3CCC4CCC43c3cnn(C)c3)s2)CC1. The maximum Gasteiger partial charge on any atom is 0.266 e. The molecule has 1 saturated carbocycles. The second-order valence-electron chi connectivity index (χ2n) is 8.11. The Bertz CT molecular complexity index is 854. The summed E-state index contributed by atoms with van der Waals surface area (Å²) in [5.41, 5.74) is 1.04. The fraction of sp³-hybridized carbons (Fsp3) is 0.632. The van der Waals surface area contributed by atoms with Gasteiger partial charge in [0, 0.05) is 51.5 Å². The Morgan fingerprint density at radius 3 is 2.63 bits per heavy atom. The van der Waals surface area contributed by atoms with Gasteiger partial charge in [-0.15, -0.1) is 0 Å². The Hall–Kier alpha value is -1.93. The van der Waals surface area contributed by atoms with Crippen molar-refractivity contribution >= 4 is 22.4 Å². The van der Waals surface area contributed by atoms with Gasteiger partial charge < -0.3 is 14.7 Å². The summed E-state index contributed by atoms with van der Waals surface area (Å²) < 4.78 is 1.85. The summed E-state index contributed by atoms with van der Waals surface area (Å²) in [4.78, 5) is 25.5. The van der Waals surface area contributed by atoms with E-state index in [4.69, 9.17) is 0 Å². The Morgan fingerprint density at radius 2 is 1.96 bits per heavy atom. The number of carbonyl (C=O) groups is 1. The van der Waals surface area contributed by atoms with E-state index < -0.39 is 0 Å². The van der Waals surface area contributed by atoms with Gasteiger partial charge in [0.2, 0.25) is 0 Å². The zero-order chi connectivity index (χ0) is 18.6. The Labute approximate surface area is 163 Å². The minimum atomic E-state index is -0.149. The van der Waals surface area contributed by atoms with E-state index in [1.807, 2.05) is 17.9 Å². The van der Waals surface area contributed by atoms with Crippen molar-refractivity contribution in [3.8, 4) is 0 Å². The Morgan fingerprint density at radius 1 is 1.15 bits per heavy atom. The van der Waals surface area contributed by atoms with Crippen molar-refractivity contribution in [1.82, 2.24) is 24.6 Å². The highest BCUT2D eigenvalue weighted by Gasteiger charge is 2.58. The second-order valence-corrected chi connectivity index (χ2v) is 9.11. The predicted octanol–water partition coefficient (Wildman–Crippen LogP) is 1.78. The van der Waals surface area contributed by atoms with Crippen molar-refractivity contribution < 1.29 is 4.79 Å². The third-order valence-corrected chi connectivity index (χ3v) is 7.71. The molecule has 3 aliphatic rings. The second kappa shape index (κ2) is 6.31. The fourth-order valence-corrected chi connectivity index (χ4v) is 5.87. The molecule has 1 aliphatic carbocycles. The molecule has 144 valence electrons. The monoisotopic (exact) mass is 386 g/mol. The lowest BCUT2D eigenvalue weighted by Crippen LogP contribution is -2.53. The van der Waals surface area contributed by atoms with Crippen LogP contribution in [0, 0.1) is 5.92 Å². The number of nitrogens with zero attached hydrogens (tertiary/aromatic N) is 6. The average Bonchev–Trinajstić information content (AvgIpc) is 3.34. The molecule has 4 heterocycles. The summed E-state index contributed by atoms with van der Waals surface area (Å²) in [6.07, 6.45) is 9.14. The highest BCUT2D eigenvalue weighted by atomic mass is 32.1. The minimum absolute atomic E-state index is 0.138. The molecule has 0 aromatic carbocycles. The van der Waals surface area contributed by atoms with Crippen LogP contribution in [-0.2, 0) is 12.6 Å². The lowest BCUT2D eigenvalue weighted by atomic mass is 9.64. The largest absolute Gasteiger partial charge is 0.346 e. The number of amides is 1. The number of thiazole rings is 1. The zero-order valence-electron chi connectivity index (χ0n) is 16.0. The molecule has 1 amide bonds. The van der Waals surface area contributed by atoms with Gasteiger partial charge in [0.15, 0.2) is 5.13 Å². The molecular formula is C19H26N6OS. The molecule has 5 rings (SSSR count). The number of aromatic nitrogens is 3. The van der Waals surface area contributed by atoms with E-state index in [1.165, 1.54) is 12.0 Å². The standard InChI is InChI=1S/C19H26N6OS/c1-22-7-9-24(10-8-22)18-20-12-16(27-18)17(26)25-6-4-14-3-5-19(14,25)15-11-21-23(2)13-15/h11-14H,3-10H2,1-2H3. The van der Waals surface area contributed by atoms with Gasteiger partial charge in [-0.05, 0) is 32.2 Å². The van der Waals surface area contributed by atoms with Crippen molar-refractivity contribution in [2.45, 2.75) is 24.8 Å². The first-order chi connectivity index (χ1) is 13.1. The number of anilines is 1. The van der Waals surface area contributed by atoms with Gasteiger partial charge >= 0.3 is 0 Å². The van der Waals surface area contributed by atoms with Gasteiger partial charge in [0.25, 0.3) is 5.91 Å². The molecule has 2 unspecified atom stereocenters. The van der Waals surface area contributed by atoms with Crippen molar-refractivity contribution in [2.75, 3.05) is 44.7 Å². The molecule has 7 nitrogen and oxygen atoms in total. The smallest absolute Gasteiger partial charge is 0.266 e. The molecule has 2 aromatic heterocycles. The molecular weight excluding hydrogens is 360 g/mol. The molecule has 2 saturated heterocycles. The van der Waals surface area contributed by atoms with Crippen LogP contribution in [0.2, 0.25) is 0 Å². The Kier molecular flexibility index (Phi) is 4.01. The maximum absolute atomic E-state index is 13.4. The van der Waals surface area contributed by atoms with Crippen LogP contribution in [0.1, 0.15) is 34.5 Å². The lowest BCUT2D eigenvalue weighted by molar-refractivity contribution is 0.0147. The maximum atomic E-state index is 13.4. The summed E-state index contributed by atoms with van der Waals surface area (Å²) >= 11 is 1.55. The third-order valence-electron chi connectivity index (χ3n) is 6.66. The lowest BCUT2D eigenvalue weighted by Gasteiger charge is -2.49. The van der Waals surface area contributed by atoms with E-state index in [1.54, 1.807) is 17.5 Å². The van der Waals surface area contributed by atoms with Crippen molar-refractivity contribution in [3.63, 3.8) is 0 Å². The summed E-state index contributed by atoms with van der Waals surface area (Å²) in [5.74, 6) is 0.703. The van der Waals surface area contributed by atoms with E-state index in [9.17, 15) is 4.79 Å². The number of carbonyl (C=O) groups excluding carboxylic acids is 1. The van der Waals surface area contributed by atoms with Crippen LogP contribution in [0.3, 0.4) is 0 Å². The molecule has 8 heteroatoms. The van der Waals surface area contributed by atoms with Crippen LogP contribution in [-0.4, -0.2) is 70.2 Å². The van der Waals surface area contributed by atoms with Crippen LogP contribution in [0.4, 0.5) is 5.13 Å². The van der Waals surface area contributed by atoms with E-state index in [0.717, 1.165) is 55.6 Å². The molecule has 2 aromatic rings.